The van der Waals surface area contributed by atoms with E-state index in [9.17, 15) is 0 Å². The van der Waals surface area contributed by atoms with Crippen molar-refractivity contribution in [2.75, 3.05) is 26.2 Å². The molecule has 0 aliphatic carbocycles. The highest BCUT2D eigenvalue weighted by molar-refractivity contribution is 4.88. The fraction of sp³-hybridized carbons (Fsp3) is 1.00. The lowest BCUT2D eigenvalue weighted by Gasteiger charge is -2.27. The standard InChI is InChI=1S/C20H39N3O/c1-14(2)19-11-18(12-21-19)10-16(4)23-8-6-17(13-23)9-15(3)20-5-7-22-24-20/h14-22H,5-13H2,1-4H3. The Bertz CT molecular complexity index is 383. The summed E-state index contributed by atoms with van der Waals surface area (Å²) in [5.41, 5.74) is 3.04. The first-order valence-corrected chi connectivity index (χ1v) is 10.4. The summed E-state index contributed by atoms with van der Waals surface area (Å²) < 4.78 is 0. The minimum Gasteiger partial charge on any atom is -0.313 e. The summed E-state index contributed by atoms with van der Waals surface area (Å²) in [4.78, 5) is 8.40. The highest BCUT2D eigenvalue weighted by atomic mass is 16.7. The average Bonchev–Trinajstić information content (AvgIpc) is 3.28. The van der Waals surface area contributed by atoms with Gasteiger partial charge in [-0.2, -0.15) is 0 Å². The Morgan fingerprint density at radius 1 is 1.08 bits per heavy atom. The number of hydrogen-bond acceptors (Lipinski definition) is 4. The largest absolute Gasteiger partial charge is 0.313 e. The van der Waals surface area contributed by atoms with Gasteiger partial charge in [-0.05, 0) is 75.8 Å². The van der Waals surface area contributed by atoms with E-state index in [0.717, 1.165) is 36.4 Å². The van der Waals surface area contributed by atoms with Gasteiger partial charge in [0, 0.05) is 25.2 Å². The summed E-state index contributed by atoms with van der Waals surface area (Å²) in [5.74, 6) is 3.21. The second-order valence-corrected chi connectivity index (χ2v) is 9.15. The van der Waals surface area contributed by atoms with E-state index in [2.05, 4.69) is 43.4 Å². The van der Waals surface area contributed by atoms with Crippen LogP contribution in [0, 0.1) is 23.7 Å². The Balaban J connectivity index is 1.38. The molecule has 3 aliphatic heterocycles. The Morgan fingerprint density at radius 3 is 2.58 bits per heavy atom. The van der Waals surface area contributed by atoms with Crippen molar-refractivity contribution in [1.29, 1.82) is 0 Å². The van der Waals surface area contributed by atoms with Crippen LogP contribution in [0.4, 0.5) is 0 Å². The van der Waals surface area contributed by atoms with Crippen LogP contribution in [0.5, 0.6) is 0 Å². The van der Waals surface area contributed by atoms with Crippen molar-refractivity contribution in [3.05, 3.63) is 0 Å². The molecule has 2 N–H and O–H groups in total. The van der Waals surface area contributed by atoms with Crippen LogP contribution in [-0.4, -0.2) is 49.3 Å². The molecule has 140 valence electrons. The summed E-state index contributed by atoms with van der Waals surface area (Å²) in [6, 6.07) is 1.49. The minimum atomic E-state index is 0.439. The van der Waals surface area contributed by atoms with Crippen LogP contribution in [0.15, 0.2) is 0 Å². The quantitative estimate of drug-likeness (QED) is 0.749. The molecule has 0 radical (unpaired) electrons. The van der Waals surface area contributed by atoms with Crippen molar-refractivity contribution < 1.29 is 4.84 Å². The molecule has 24 heavy (non-hydrogen) atoms. The SMILES string of the molecule is CC(C)C1CC(CC(C)N2CCC(CC(C)C3CCNO3)C2)CN1. The summed E-state index contributed by atoms with van der Waals surface area (Å²) in [5, 5.41) is 3.73. The summed E-state index contributed by atoms with van der Waals surface area (Å²) >= 11 is 0. The number of nitrogens with one attached hydrogen (secondary N) is 2. The molecule has 0 aromatic rings. The molecule has 3 heterocycles. The van der Waals surface area contributed by atoms with Crippen LogP contribution in [0.2, 0.25) is 0 Å². The summed E-state index contributed by atoms with van der Waals surface area (Å²) in [7, 11) is 0. The lowest BCUT2D eigenvalue weighted by molar-refractivity contribution is -0.00132. The zero-order valence-corrected chi connectivity index (χ0v) is 16.3. The monoisotopic (exact) mass is 337 g/mol. The van der Waals surface area contributed by atoms with Crippen LogP contribution in [0.1, 0.15) is 59.8 Å². The first-order valence-electron chi connectivity index (χ1n) is 10.4. The van der Waals surface area contributed by atoms with E-state index in [1.165, 1.54) is 51.7 Å². The molecule has 0 aromatic heterocycles. The molecule has 3 aliphatic rings. The molecule has 0 bridgehead atoms. The molecule has 0 aromatic carbocycles. The van der Waals surface area contributed by atoms with Crippen molar-refractivity contribution in [2.24, 2.45) is 23.7 Å². The fourth-order valence-corrected chi connectivity index (χ4v) is 5.12. The van der Waals surface area contributed by atoms with Crippen LogP contribution in [0.3, 0.4) is 0 Å². The maximum atomic E-state index is 5.65. The van der Waals surface area contributed by atoms with Crippen LogP contribution in [0.25, 0.3) is 0 Å². The van der Waals surface area contributed by atoms with Gasteiger partial charge in [0.25, 0.3) is 0 Å². The van der Waals surface area contributed by atoms with Gasteiger partial charge >= 0.3 is 0 Å². The zero-order chi connectivity index (χ0) is 17.1. The third-order valence-corrected chi connectivity index (χ3v) is 6.78. The highest BCUT2D eigenvalue weighted by Gasteiger charge is 2.33. The van der Waals surface area contributed by atoms with Gasteiger partial charge in [-0.1, -0.05) is 20.8 Å². The lowest BCUT2D eigenvalue weighted by atomic mass is 9.90. The Morgan fingerprint density at radius 2 is 1.92 bits per heavy atom. The number of hydroxylamine groups is 1. The van der Waals surface area contributed by atoms with E-state index in [-0.39, 0.29) is 0 Å². The predicted molar refractivity (Wildman–Crippen MR) is 99.8 cm³/mol. The van der Waals surface area contributed by atoms with Crippen molar-refractivity contribution in [3.8, 4) is 0 Å². The van der Waals surface area contributed by atoms with Crippen LogP contribution >= 0.6 is 0 Å². The van der Waals surface area contributed by atoms with Crippen molar-refractivity contribution >= 4 is 0 Å². The average molecular weight is 338 g/mol. The van der Waals surface area contributed by atoms with E-state index in [1.54, 1.807) is 0 Å². The Labute approximate surface area is 149 Å². The normalized spacial score (nSPS) is 37.4. The second-order valence-electron chi connectivity index (χ2n) is 9.15. The molecule has 3 saturated heterocycles. The summed E-state index contributed by atoms with van der Waals surface area (Å²) in [6.07, 6.45) is 7.08. The number of rotatable bonds is 7. The van der Waals surface area contributed by atoms with E-state index >= 15 is 0 Å². The van der Waals surface area contributed by atoms with Gasteiger partial charge in [-0.25, -0.2) is 5.48 Å². The van der Waals surface area contributed by atoms with Gasteiger partial charge < -0.3 is 10.2 Å². The zero-order valence-electron chi connectivity index (χ0n) is 16.3. The van der Waals surface area contributed by atoms with Crippen LogP contribution in [-0.2, 0) is 4.84 Å². The van der Waals surface area contributed by atoms with Crippen molar-refractivity contribution in [2.45, 2.75) is 78.0 Å². The van der Waals surface area contributed by atoms with Gasteiger partial charge in [0.2, 0.25) is 0 Å². The molecule has 4 nitrogen and oxygen atoms in total. The summed E-state index contributed by atoms with van der Waals surface area (Å²) in [6.45, 7) is 14.4. The first kappa shape index (κ1) is 18.6. The van der Waals surface area contributed by atoms with E-state index in [1.807, 2.05) is 0 Å². The molecule has 3 rings (SSSR count). The maximum absolute atomic E-state index is 5.65. The van der Waals surface area contributed by atoms with E-state index in [4.69, 9.17) is 4.84 Å². The molecule has 6 atom stereocenters. The van der Waals surface area contributed by atoms with Gasteiger partial charge in [-0.15, -0.1) is 0 Å². The first-order chi connectivity index (χ1) is 11.5. The van der Waals surface area contributed by atoms with E-state index < -0.39 is 0 Å². The number of likely N-dealkylation sites (tertiary alicyclic amines) is 1. The molecule has 0 amide bonds. The minimum absolute atomic E-state index is 0.439. The second kappa shape index (κ2) is 8.48. The van der Waals surface area contributed by atoms with Gasteiger partial charge in [0.05, 0.1) is 6.10 Å². The molecule has 0 saturated carbocycles. The van der Waals surface area contributed by atoms with Gasteiger partial charge in [0.1, 0.15) is 0 Å². The lowest BCUT2D eigenvalue weighted by Crippen LogP contribution is -2.33. The Kier molecular flexibility index (Phi) is 6.58. The smallest absolute Gasteiger partial charge is 0.0828 e. The third kappa shape index (κ3) is 4.72. The van der Waals surface area contributed by atoms with Gasteiger partial charge in [-0.3, -0.25) is 4.84 Å². The van der Waals surface area contributed by atoms with Crippen molar-refractivity contribution in [1.82, 2.24) is 15.7 Å². The van der Waals surface area contributed by atoms with Gasteiger partial charge in [0.15, 0.2) is 0 Å². The van der Waals surface area contributed by atoms with Crippen LogP contribution < -0.4 is 10.8 Å². The Hall–Kier alpha value is -0.160. The predicted octanol–water partition coefficient (Wildman–Crippen LogP) is 3.04. The molecular weight excluding hydrogens is 298 g/mol. The molecule has 0 spiro atoms. The highest BCUT2D eigenvalue weighted by Crippen LogP contribution is 2.31. The van der Waals surface area contributed by atoms with Crippen molar-refractivity contribution in [3.63, 3.8) is 0 Å². The topological polar surface area (TPSA) is 36.5 Å². The third-order valence-electron chi connectivity index (χ3n) is 6.78. The molecule has 3 fully saturated rings. The molecule has 6 unspecified atom stereocenters. The maximum Gasteiger partial charge on any atom is 0.0828 e. The number of nitrogens with zero attached hydrogens (tertiary/aromatic N) is 1. The fourth-order valence-electron chi connectivity index (χ4n) is 5.12. The number of hydrogen-bond donors (Lipinski definition) is 2. The molecular formula is C20H39N3O. The van der Waals surface area contributed by atoms with E-state index in [0.29, 0.717) is 12.0 Å². The molecule has 4 heteroatoms.